The van der Waals surface area contributed by atoms with Crippen LogP contribution in [0.1, 0.15) is 33.1 Å². The standard InChI is InChI=1S/C13H22N6O2/c1-4-7-14-11-17-12(19-13(18-11)21-3)15-8(2)10(20)16-9-5-6-9/h8-9H,4-7H2,1-3H3,(H,16,20)(H2,14,15,17,18,19). The van der Waals surface area contributed by atoms with E-state index in [9.17, 15) is 4.79 Å². The van der Waals surface area contributed by atoms with Crippen LogP contribution in [-0.2, 0) is 4.79 Å². The highest BCUT2D eigenvalue weighted by atomic mass is 16.5. The molecule has 0 spiro atoms. The van der Waals surface area contributed by atoms with Gasteiger partial charge in [-0.05, 0) is 26.2 Å². The summed E-state index contributed by atoms with van der Waals surface area (Å²) in [5, 5.41) is 8.98. The van der Waals surface area contributed by atoms with E-state index in [4.69, 9.17) is 4.74 Å². The minimum Gasteiger partial charge on any atom is -0.467 e. The maximum atomic E-state index is 11.9. The molecule has 1 aliphatic carbocycles. The number of carbonyl (C=O) groups excluding carboxylic acids is 1. The van der Waals surface area contributed by atoms with Crippen LogP contribution in [0.25, 0.3) is 0 Å². The third kappa shape index (κ3) is 4.73. The highest BCUT2D eigenvalue weighted by molar-refractivity contribution is 5.84. The zero-order valence-corrected chi connectivity index (χ0v) is 12.6. The molecule has 1 atom stereocenters. The molecule has 1 aromatic heterocycles. The summed E-state index contributed by atoms with van der Waals surface area (Å²) >= 11 is 0. The minimum atomic E-state index is -0.420. The van der Waals surface area contributed by atoms with Gasteiger partial charge in [-0.3, -0.25) is 4.79 Å². The molecule has 2 rings (SSSR count). The first-order valence-corrected chi connectivity index (χ1v) is 7.23. The first-order chi connectivity index (χ1) is 10.1. The SMILES string of the molecule is CCCNc1nc(NC(C)C(=O)NC2CC2)nc(OC)n1. The lowest BCUT2D eigenvalue weighted by atomic mass is 10.3. The van der Waals surface area contributed by atoms with Crippen molar-refractivity contribution >= 4 is 17.8 Å². The van der Waals surface area contributed by atoms with Gasteiger partial charge in [0.05, 0.1) is 7.11 Å². The molecule has 0 bridgehead atoms. The number of hydrogen-bond acceptors (Lipinski definition) is 7. The van der Waals surface area contributed by atoms with E-state index < -0.39 is 6.04 Å². The van der Waals surface area contributed by atoms with Crippen LogP contribution in [0.2, 0.25) is 0 Å². The molecule has 0 aromatic carbocycles. The molecule has 1 aliphatic rings. The maximum absolute atomic E-state index is 11.9. The van der Waals surface area contributed by atoms with E-state index in [1.807, 2.05) is 0 Å². The van der Waals surface area contributed by atoms with Crippen molar-refractivity contribution in [3.63, 3.8) is 0 Å². The number of methoxy groups -OCH3 is 1. The Hall–Kier alpha value is -2.12. The molecule has 21 heavy (non-hydrogen) atoms. The summed E-state index contributed by atoms with van der Waals surface area (Å²) in [5.74, 6) is 0.694. The number of carbonyl (C=O) groups is 1. The van der Waals surface area contributed by atoms with Crippen LogP contribution in [0.5, 0.6) is 6.01 Å². The number of anilines is 2. The van der Waals surface area contributed by atoms with Gasteiger partial charge in [0.15, 0.2) is 0 Å². The molecule has 3 N–H and O–H groups in total. The molecule has 1 saturated carbocycles. The van der Waals surface area contributed by atoms with E-state index in [0.717, 1.165) is 25.8 Å². The second kappa shape index (κ2) is 7.05. The van der Waals surface area contributed by atoms with Crippen LogP contribution in [0.15, 0.2) is 0 Å². The Balaban J connectivity index is 2.00. The first-order valence-electron chi connectivity index (χ1n) is 7.23. The van der Waals surface area contributed by atoms with Crippen LogP contribution in [0.4, 0.5) is 11.9 Å². The lowest BCUT2D eigenvalue weighted by molar-refractivity contribution is -0.121. The van der Waals surface area contributed by atoms with Crippen molar-refractivity contribution in [1.82, 2.24) is 20.3 Å². The molecule has 0 radical (unpaired) electrons. The summed E-state index contributed by atoms with van der Waals surface area (Å²) < 4.78 is 5.05. The summed E-state index contributed by atoms with van der Waals surface area (Å²) in [5.41, 5.74) is 0. The Kier molecular flexibility index (Phi) is 5.13. The zero-order valence-electron chi connectivity index (χ0n) is 12.6. The van der Waals surface area contributed by atoms with E-state index in [1.165, 1.54) is 7.11 Å². The second-order valence-electron chi connectivity index (χ2n) is 5.04. The van der Waals surface area contributed by atoms with Crippen molar-refractivity contribution < 1.29 is 9.53 Å². The van der Waals surface area contributed by atoms with E-state index in [-0.39, 0.29) is 11.9 Å². The van der Waals surface area contributed by atoms with Crippen molar-refractivity contribution in [3.05, 3.63) is 0 Å². The minimum absolute atomic E-state index is 0.0556. The second-order valence-corrected chi connectivity index (χ2v) is 5.04. The van der Waals surface area contributed by atoms with Crippen LogP contribution in [0, 0.1) is 0 Å². The fourth-order valence-electron chi connectivity index (χ4n) is 1.64. The lowest BCUT2D eigenvalue weighted by Gasteiger charge is -2.14. The van der Waals surface area contributed by atoms with Gasteiger partial charge in [-0.1, -0.05) is 6.92 Å². The normalized spacial score (nSPS) is 15.2. The average Bonchev–Trinajstić information content (AvgIpc) is 3.28. The Bertz CT molecular complexity index is 492. The summed E-state index contributed by atoms with van der Waals surface area (Å²) in [4.78, 5) is 24.4. The number of ether oxygens (including phenoxy) is 1. The summed E-state index contributed by atoms with van der Waals surface area (Å²) in [7, 11) is 1.49. The molecular weight excluding hydrogens is 272 g/mol. The van der Waals surface area contributed by atoms with Crippen LogP contribution in [-0.4, -0.2) is 46.6 Å². The highest BCUT2D eigenvalue weighted by Gasteiger charge is 2.26. The monoisotopic (exact) mass is 294 g/mol. The molecule has 1 heterocycles. The number of rotatable bonds is 8. The predicted molar refractivity (Wildman–Crippen MR) is 79.4 cm³/mol. The number of amides is 1. The van der Waals surface area contributed by atoms with Crippen LogP contribution >= 0.6 is 0 Å². The van der Waals surface area contributed by atoms with Gasteiger partial charge < -0.3 is 20.7 Å². The third-order valence-corrected chi connectivity index (χ3v) is 2.99. The van der Waals surface area contributed by atoms with Crippen LogP contribution in [0.3, 0.4) is 0 Å². The Labute approximate surface area is 124 Å². The molecule has 1 unspecified atom stereocenters. The summed E-state index contributed by atoms with van der Waals surface area (Å²) in [6, 6.07) is 0.120. The lowest BCUT2D eigenvalue weighted by Crippen LogP contribution is -2.39. The first kappa shape index (κ1) is 15.3. The quantitative estimate of drug-likeness (QED) is 0.651. The molecule has 0 aliphatic heterocycles. The number of hydrogen-bond donors (Lipinski definition) is 3. The molecule has 1 amide bonds. The van der Waals surface area contributed by atoms with E-state index >= 15 is 0 Å². The number of nitrogens with zero attached hydrogens (tertiary/aromatic N) is 3. The zero-order chi connectivity index (χ0) is 15.2. The smallest absolute Gasteiger partial charge is 0.322 e. The largest absolute Gasteiger partial charge is 0.467 e. The fourth-order valence-corrected chi connectivity index (χ4v) is 1.64. The van der Waals surface area contributed by atoms with Gasteiger partial charge in [0, 0.05) is 12.6 Å². The van der Waals surface area contributed by atoms with Gasteiger partial charge in [-0.25, -0.2) is 0 Å². The molecular formula is C13H22N6O2. The van der Waals surface area contributed by atoms with Crippen molar-refractivity contribution in [2.24, 2.45) is 0 Å². The molecule has 1 fully saturated rings. The van der Waals surface area contributed by atoms with Crippen molar-refractivity contribution in [2.45, 2.75) is 45.2 Å². The molecule has 8 heteroatoms. The van der Waals surface area contributed by atoms with Gasteiger partial charge in [-0.2, -0.15) is 15.0 Å². The third-order valence-electron chi connectivity index (χ3n) is 2.99. The van der Waals surface area contributed by atoms with E-state index in [0.29, 0.717) is 17.9 Å². The van der Waals surface area contributed by atoms with Crippen molar-refractivity contribution in [3.8, 4) is 6.01 Å². The Morgan fingerprint density at radius 1 is 1.33 bits per heavy atom. The average molecular weight is 294 g/mol. The molecule has 1 aromatic rings. The Morgan fingerprint density at radius 2 is 2.05 bits per heavy atom. The van der Waals surface area contributed by atoms with Gasteiger partial charge in [0.2, 0.25) is 17.8 Å². The number of nitrogens with one attached hydrogen (secondary N) is 3. The van der Waals surface area contributed by atoms with Gasteiger partial charge in [-0.15, -0.1) is 0 Å². The highest BCUT2D eigenvalue weighted by Crippen LogP contribution is 2.19. The van der Waals surface area contributed by atoms with E-state index in [2.05, 4.69) is 37.8 Å². The van der Waals surface area contributed by atoms with E-state index in [1.54, 1.807) is 6.92 Å². The van der Waals surface area contributed by atoms with Crippen LogP contribution < -0.4 is 20.7 Å². The topological polar surface area (TPSA) is 101 Å². The molecule has 116 valence electrons. The number of aromatic nitrogens is 3. The Morgan fingerprint density at radius 3 is 2.67 bits per heavy atom. The van der Waals surface area contributed by atoms with Crippen molar-refractivity contribution in [2.75, 3.05) is 24.3 Å². The summed E-state index contributed by atoms with van der Waals surface area (Å²) in [6.45, 7) is 4.58. The van der Waals surface area contributed by atoms with Gasteiger partial charge in [0.25, 0.3) is 0 Å². The molecule has 0 saturated heterocycles. The fraction of sp³-hybridized carbons (Fsp3) is 0.692. The summed E-state index contributed by atoms with van der Waals surface area (Å²) in [6.07, 6.45) is 3.07. The van der Waals surface area contributed by atoms with Gasteiger partial charge in [0.1, 0.15) is 6.04 Å². The van der Waals surface area contributed by atoms with Crippen molar-refractivity contribution in [1.29, 1.82) is 0 Å². The molecule has 8 nitrogen and oxygen atoms in total. The predicted octanol–water partition coefficient (Wildman–Crippen LogP) is 0.781. The maximum Gasteiger partial charge on any atom is 0.322 e. The van der Waals surface area contributed by atoms with Gasteiger partial charge >= 0.3 is 6.01 Å².